The first-order chi connectivity index (χ1) is 9.24. The number of carbonyl (C=O) groups is 1. The van der Waals surface area contributed by atoms with Gasteiger partial charge in [0.25, 0.3) is 5.91 Å². The molecule has 19 heavy (non-hydrogen) atoms. The van der Waals surface area contributed by atoms with Crippen LogP contribution in [-0.4, -0.2) is 25.7 Å². The Morgan fingerprint density at radius 1 is 1.32 bits per heavy atom. The summed E-state index contributed by atoms with van der Waals surface area (Å²) in [7, 11) is 0. The molecule has 2 aromatic heterocycles. The molecule has 3 rings (SSSR count). The molecule has 0 radical (unpaired) electrons. The maximum Gasteiger partial charge on any atom is 0.259 e. The van der Waals surface area contributed by atoms with Crippen molar-refractivity contribution in [2.45, 2.75) is 25.8 Å². The SMILES string of the molecule is O=C(Nc1nnc2n1CCCC2)c1cncc(F)c1. The maximum absolute atomic E-state index is 13.0. The third-order valence-corrected chi connectivity index (χ3v) is 3.05. The average molecular weight is 261 g/mol. The zero-order valence-electron chi connectivity index (χ0n) is 10.1. The van der Waals surface area contributed by atoms with Crippen LogP contribution in [0, 0.1) is 5.82 Å². The van der Waals surface area contributed by atoms with Crippen LogP contribution in [0.1, 0.15) is 29.0 Å². The number of hydrogen-bond acceptors (Lipinski definition) is 4. The van der Waals surface area contributed by atoms with Gasteiger partial charge in [-0.1, -0.05) is 0 Å². The fourth-order valence-electron chi connectivity index (χ4n) is 2.11. The van der Waals surface area contributed by atoms with Gasteiger partial charge in [-0.25, -0.2) is 4.39 Å². The monoisotopic (exact) mass is 261 g/mol. The first-order valence-corrected chi connectivity index (χ1v) is 6.08. The summed E-state index contributed by atoms with van der Waals surface area (Å²) in [6.45, 7) is 0.791. The molecule has 2 aromatic rings. The highest BCUT2D eigenvalue weighted by Gasteiger charge is 2.18. The molecule has 1 aliphatic rings. The number of carbonyl (C=O) groups excluding carboxylic acids is 1. The first kappa shape index (κ1) is 11.8. The summed E-state index contributed by atoms with van der Waals surface area (Å²) < 4.78 is 14.9. The number of rotatable bonds is 2. The predicted octanol–water partition coefficient (Wildman–Crippen LogP) is 1.40. The van der Waals surface area contributed by atoms with Crippen molar-refractivity contribution in [3.8, 4) is 0 Å². The van der Waals surface area contributed by atoms with E-state index in [2.05, 4.69) is 20.5 Å². The number of fused-ring (bicyclic) bond motifs is 1. The first-order valence-electron chi connectivity index (χ1n) is 6.08. The topological polar surface area (TPSA) is 72.7 Å². The Labute approximate surface area is 108 Å². The van der Waals surface area contributed by atoms with Gasteiger partial charge in [-0.3, -0.25) is 19.7 Å². The molecule has 0 spiro atoms. The minimum absolute atomic E-state index is 0.160. The second kappa shape index (κ2) is 4.75. The van der Waals surface area contributed by atoms with Crippen molar-refractivity contribution in [1.82, 2.24) is 19.7 Å². The molecule has 0 saturated heterocycles. The van der Waals surface area contributed by atoms with Gasteiger partial charge >= 0.3 is 0 Å². The van der Waals surface area contributed by atoms with Crippen molar-refractivity contribution >= 4 is 11.9 Å². The van der Waals surface area contributed by atoms with Crippen molar-refractivity contribution < 1.29 is 9.18 Å². The van der Waals surface area contributed by atoms with Gasteiger partial charge < -0.3 is 0 Å². The predicted molar refractivity (Wildman–Crippen MR) is 65.1 cm³/mol. The van der Waals surface area contributed by atoms with Crippen LogP contribution in [-0.2, 0) is 13.0 Å². The van der Waals surface area contributed by atoms with Crippen LogP contribution < -0.4 is 5.32 Å². The maximum atomic E-state index is 13.0. The number of nitrogens with zero attached hydrogens (tertiary/aromatic N) is 4. The molecule has 0 aliphatic carbocycles. The lowest BCUT2D eigenvalue weighted by Gasteiger charge is -2.14. The third kappa shape index (κ3) is 2.31. The minimum atomic E-state index is -0.545. The van der Waals surface area contributed by atoms with E-state index in [0.717, 1.165) is 43.9 Å². The normalized spacial score (nSPS) is 13.9. The molecule has 0 aromatic carbocycles. The summed E-state index contributed by atoms with van der Waals surface area (Å²) in [4.78, 5) is 15.6. The van der Waals surface area contributed by atoms with Gasteiger partial charge in [-0.2, -0.15) is 0 Å². The van der Waals surface area contributed by atoms with Crippen molar-refractivity contribution in [2.24, 2.45) is 0 Å². The fraction of sp³-hybridized carbons (Fsp3) is 0.333. The van der Waals surface area contributed by atoms with Crippen molar-refractivity contribution in [3.05, 3.63) is 35.7 Å². The summed E-state index contributed by atoms with van der Waals surface area (Å²) in [5, 5.41) is 10.6. The largest absolute Gasteiger partial charge is 0.297 e. The van der Waals surface area contributed by atoms with E-state index < -0.39 is 11.7 Å². The van der Waals surface area contributed by atoms with E-state index in [-0.39, 0.29) is 5.56 Å². The lowest BCUT2D eigenvalue weighted by atomic mass is 10.2. The number of aryl methyl sites for hydroxylation is 1. The molecule has 1 aliphatic heterocycles. The molecule has 0 fully saturated rings. The summed E-state index contributed by atoms with van der Waals surface area (Å²) in [6.07, 6.45) is 5.35. The molecule has 98 valence electrons. The second-order valence-electron chi connectivity index (χ2n) is 4.39. The Morgan fingerprint density at radius 3 is 3.05 bits per heavy atom. The molecule has 6 nitrogen and oxygen atoms in total. The van der Waals surface area contributed by atoms with Crippen LogP contribution in [0.5, 0.6) is 0 Å². The number of halogens is 1. The summed E-state index contributed by atoms with van der Waals surface area (Å²) in [6, 6.07) is 1.13. The highest BCUT2D eigenvalue weighted by Crippen LogP contribution is 2.17. The Hall–Kier alpha value is -2.31. The van der Waals surface area contributed by atoms with Gasteiger partial charge in [0.15, 0.2) is 0 Å². The van der Waals surface area contributed by atoms with Crippen LogP contribution in [0.4, 0.5) is 10.3 Å². The number of anilines is 1. The van der Waals surface area contributed by atoms with Crippen molar-refractivity contribution in [3.63, 3.8) is 0 Å². The molecular formula is C12H12FN5O. The zero-order chi connectivity index (χ0) is 13.2. The number of aromatic nitrogens is 4. The Kier molecular flexibility index (Phi) is 2.94. The van der Waals surface area contributed by atoms with E-state index in [4.69, 9.17) is 0 Å². The molecule has 0 bridgehead atoms. The zero-order valence-corrected chi connectivity index (χ0v) is 10.1. The van der Waals surface area contributed by atoms with E-state index in [1.54, 1.807) is 0 Å². The number of pyridine rings is 1. The van der Waals surface area contributed by atoms with E-state index in [1.807, 2.05) is 4.57 Å². The van der Waals surface area contributed by atoms with Gasteiger partial charge in [0, 0.05) is 19.2 Å². The highest BCUT2D eigenvalue weighted by molar-refractivity contribution is 6.03. The van der Waals surface area contributed by atoms with Gasteiger partial charge in [0.2, 0.25) is 5.95 Å². The molecule has 3 heterocycles. The van der Waals surface area contributed by atoms with E-state index in [0.29, 0.717) is 5.95 Å². The average Bonchev–Trinajstić information content (AvgIpc) is 2.82. The molecule has 0 atom stereocenters. The smallest absolute Gasteiger partial charge is 0.259 e. The van der Waals surface area contributed by atoms with Crippen LogP contribution in [0.2, 0.25) is 0 Å². The second-order valence-corrected chi connectivity index (χ2v) is 4.39. The van der Waals surface area contributed by atoms with Crippen molar-refractivity contribution in [2.75, 3.05) is 5.32 Å². The summed E-state index contributed by atoms with van der Waals surface area (Å²) >= 11 is 0. The van der Waals surface area contributed by atoms with Gasteiger partial charge in [-0.15, -0.1) is 10.2 Å². The highest BCUT2D eigenvalue weighted by atomic mass is 19.1. The molecule has 1 N–H and O–H groups in total. The van der Waals surface area contributed by atoms with Crippen LogP contribution in [0.25, 0.3) is 0 Å². The summed E-state index contributed by atoms with van der Waals surface area (Å²) in [5.41, 5.74) is 0.160. The standard InChI is InChI=1S/C12H12FN5O/c13-9-5-8(6-14-7-9)11(19)15-12-17-16-10-3-1-2-4-18(10)12/h5-7H,1-4H2,(H,15,17,19). The quantitative estimate of drug-likeness (QED) is 0.886. The van der Waals surface area contributed by atoms with Gasteiger partial charge in [-0.05, 0) is 18.9 Å². The Morgan fingerprint density at radius 2 is 2.21 bits per heavy atom. The number of amides is 1. The van der Waals surface area contributed by atoms with Crippen LogP contribution in [0.15, 0.2) is 18.5 Å². The Balaban J connectivity index is 1.82. The van der Waals surface area contributed by atoms with Crippen LogP contribution in [0.3, 0.4) is 0 Å². The Bertz CT molecular complexity index is 624. The number of hydrogen-bond donors (Lipinski definition) is 1. The van der Waals surface area contributed by atoms with Gasteiger partial charge in [0.05, 0.1) is 11.8 Å². The number of nitrogens with one attached hydrogen (secondary N) is 1. The van der Waals surface area contributed by atoms with Gasteiger partial charge in [0.1, 0.15) is 11.6 Å². The fourth-order valence-corrected chi connectivity index (χ4v) is 2.11. The van der Waals surface area contributed by atoms with Crippen molar-refractivity contribution in [1.29, 1.82) is 0 Å². The minimum Gasteiger partial charge on any atom is -0.297 e. The van der Waals surface area contributed by atoms with E-state index >= 15 is 0 Å². The lowest BCUT2D eigenvalue weighted by molar-refractivity contribution is 0.102. The molecule has 7 heteroatoms. The molecule has 1 amide bonds. The van der Waals surface area contributed by atoms with Crippen LogP contribution >= 0.6 is 0 Å². The third-order valence-electron chi connectivity index (χ3n) is 3.05. The van der Waals surface area contributed by atoms with E-state index in [9.17, 15) is 9.18 Å². The van der Waals surface area contributed by atoms with E-state index in [1.165, 1.54) is 6.20 Å². The molecule has 0 unspecified atom stereocenters. The lowest BCUT2D eigenvalue weighted by Crippen LogP contribution is -2.19. The summed E-state index contributed by atoms with van der Waals surface area (Å²) in [5.74, 6) is 0.298. The molecule has 0 saturated carbocycles. The molecular weight excluding hydrogens is 249 g/mol.